The Morgan fingerprint density at radius 1 is 1.14 bits per heavy atom. The number of hydrogen-bond acceptors (Lipinski definition) is 7. The SMILES string of the molecule is CCC(F)(F)CNc1ncc2c3ccc(CN4CCOCC4)cc3c(=O)n([C@H]3CC[C@H](O)CC3)c2n1. The molecule has 2 aromatic heterocycles. The molecule has 1 aliphatic carbocycles. The summed E-state index contributed by atoms with van der Waals surface area (Å²) in [6.45, 7) is 4.70. The summed E-state index contributed by atoms with van der Waals surface area (Å²) >= 11 is 0. The van der Waals surface area contributed by atoms with Gasteiger partial charge in [-0.25, -0.2) is 13.8 Å². The smallest absolute Gasteiger partial charge is 0.264 e. The minimum Gasteiger partial charge on any atom is -0.393 e. The minimum absolute atomic E-state index is 0.0721. The van der Waals surface area contributed by atoms with E-state index in [2.05, 4.69) is 20.2 Å². The van der Waals surface area contributed by atoms with Crippen LogP contribution in [0.4, 0.5) is 14.7 Å². The quantitative estimate of drug-likeness (QED) is 0.477. The van der Waals surface area contributed by atoms with E-state index in [0.717, 1.165) is 30.6 Å². The Labute approximate surface area is 208 Å². The maximum Gasteiger partial charge on any atom is 0.264 e. The second-order valence-corrected chi connectivity index (χ2v) is 9.90. The molecular formula is C26H33F2N5O3. The largest absolute Gasteiger partial charge is 0.393 e. The van der Waals surface area contributed by atoms with Crippen molar-refractivity contribution in [1.82, 2.24) is 19.4 Å². The van der Waals surface area contributed by atoms with Crippen LogP contribution in [0.15, 0.2) is 29.2 Å². The van der Waals surface area contributed by atoms with Crippen molar-refractivity contribution in [2.75, 3.05) is 38.2 Å². The number of aliphatic hydroxyl groups is 1. The van der Waals surface area contributed by atoms with Crippen LogP contribution >= 0.6 is 0 Å². The molecule has 2 fully saturated rings. The standard InChI is InChI=1S/C26H33F2N5O3/c1-2-26(27,28)16-30-25-29-14-22-20-8-3-17(15-32-9-11-36-12-10-32)13-21(20)24(35)33(23(22)31-25)18-4-6-19(34)7-5-18/h3,8,13-14,18-19,34H,2,4-7,9-12,15-16H2,1H3,(H,29,30,31)/t18-,19-. The van der Waals surface area contributed by atoms with Gasteiger partial charge in [-0.2, -0.15) is 4.98 Å². The average Bonchev–Trinajstić information content (AvgIpc) is 2.89. The number of alkyl halides is 2. The van der Waals surface area contributed by atoms with E-state index in [-0.39, 0.29) is 30.1 Å². The maximum atomic E-state index is 13.9. The fraction of sp³-hybridized carbons (Fsp3) is 0.577. The van der Waals surface area contributed by atoms with E-state index in [9.17, 15) is 18.7 Å². The summed E-state index contributed by atoms with van der Waals surface area (Å²) in [4.78, 5) is 25.1. The van der Waals surface area contributed by atoms with E-state index in [1.807, 2.05) is 18.2 Å². The Balaban J connectivity index is 1.59. The lowest BCUT2D eigenvalue weighted by molar-refractivity contribution is 0.0114. The monoisotopic (exact) mass is 501 g/mol. The number of anilines is 1. The number of hydrogen-bond donors (Lipinski definition) is 2. The van der Waals surface area contributed by atoms with Crippen molar-refractivity contribution in [3.05, 3.63) is 40.3 Å². The molecule has 5 rings (SSSR count). The van der Waals surface area contributed by atoms with Crippen LogP contribution in [-0.4, -0.2) is 69.4 Å². The highest BCUT2D eigenvalue weighted by atomic mass is 19.3. The van der Waals surface area contributed by atoms with E-state index in [1.54, 1.807) is 10.8 Å². The molecule has 10 heteroatoms. The van der Waals surface area contributed by atoms with E-state index in [0.29, 0.717) is 55.3 Å². The molecule has 8 nitrogen and oxygen atoms in total. The van der Waals surface area contributed by atoms with Gasteiger partial charge < -0.3 is 15.2 Å². The van der Waals surface area contributed by atoms with E-state index < -0.39 is 12.5 Å². The van der Waals surface area contributed by atoms with Crippen LogP contribution in [0, 0.1) is 0 Å². The van der Waals surface area contributed by atoms with Crippen LogP contribution in [0.2, 0.25) is 0 Å². The van der Waals surface area contributed by atoms with Gasteiger partial charge in [0.1, 0.15) is 5.65 Å². The van der Waals surface area contributed by atoms with Crippen molar-refractivity contribution in [3.8, 4) is 0 Å². The van der Waals surface area contributed by atoms with Gasteiger partial charge in [0.05, 0.1) is 25.9 Å². The van der Waals surface area contributed by atoms with Gasteiger partial charge in [-0.05, 0) is 42.7 Å². The van der Waals surface area contributed by atoms with Gasteiger partial charge in [0, 0.05) is 49.1 Å². The van der Waals surface area contributed by atoms with Crippen molar-refractivity contribution in [3.63, 3.8) is 0 Å². The summed E-state index contributed by atoms with van der Waals surface area (Å²) in [5, 5.41) is 14.7. The number of aromatic nitrogens is 3. The van der Waals surface area contributed by atoms with Crippen LogP contribution in [-0.2, 0) is 11.3 Å². The molecule has 2 aliphatic rings. The minimum atomic E-state index is -2.88. The number of morpholine rings is 1. The summed E-state index contributed by atoms with van der Waals surface area (Å²) in [5.41, 5.74) is 1.34. The van der Waals surface area contributed by atoms with Gasteiger partial charge in [-0.3, -0.25) is 14.3 Å². The van der Waals surface area contributed by atoms with Crippen LogP contribution in [0.3, 0.4) is 0 Å². The Kier molecular flexibility index (Phi) is 7.18. The predicted molar refractivity (Wildman–Crippen MR) is 135 cm³/mol. The second kappa shape index (κ2) is 10.4. The van der Waals surface area contributed by atoms with Crippen molar-refractivity contribution in [2.24, 2.45) is 0 Å². The molecule has 0 radical (unpaired) electrons. The molecule has 1 aromatic carbocycles. The number of fused-ring (bicyclic) bond motifs is 3. The van der Waals surface area contributed by atoms with Gasteiger partial charge in [-0.1, -0.05) is 19.1 Å². The van der Waals surface area contributed by atoms with Crippen LogP contribution in [0.25, 0.3) is 21.8 Å². The Morgan fingerprint density at radius 2 is 1.89 bits per heavy atom. The number of rotatable bonds is 7. The van der Waals surface area contributed by atoms with Crippen molar-refractivity contribution in [1.29, 1.82) is 0 Å². The lowest BCUT2D eigenvalue weighted by Gasteiger charge is -2.28. The first-order valence-electron chi connectivity index (χ1n) is 12.8. The number of halogens is 2. The van der Waals surface area contributed by atoms with Gasteiger partial charge in [0.2, 0.25) is 5.95 Å². The van der Waals surface area contributed by atoms with Crippen molar-refractivity contribution < 1.29 is 18.6 Å². The van der Waals surface area contributed by atoms with Crippen LogP contribution in [0.1, 0.15) is 50.6 Å². The molecular weight excluding hydrogens is 468 g/mol. The van der Waals surface area contributed by atoms with Crippen molar-refractivity contribution in [2.45, 2.75) is 63.6 Å². The molecule has 1 saturated carbocycles. The highest BCUT2D eigenvalue weighted by Gasteiger charge is 2.28. The molecule has 0 unspecified atom stereocenters. The molecule has 0 bridgehead atoms. The summed E-state index contributed by atoms with van der Waals surface area (Å²) in [7, 11) is 0. The molecule has 194 valence electrons. The first-order valence-corrected chi connectivity index (χ1v) is 12.8. The summed E-state index contributed by atoms with van der Waals surface area (Å²) < 4.78 is 34.8. The second-order valence-electron chi connectivity index (χ2n) is 9.90. The zero-order valence-corrected chi connectivity index (χ0v) is 20.6. The molecule has 36 heavy (non-hydrogen) atoms. The fourth-order valence-corrected chi connectivity index (χ4v) is 5.17. The topological polar surface area (TPSA) is 92.5 Å². The summed E-state index contributed by atoms with van der Waals surface area (Å²) in [6, 6.07) is 5.78. The van der Waals surface area contributed by atoms with Gasteiger partial charge in [0.25, 0.3) is 11.5 Å². The lowest BCUT2D eigenvalue weighted by Crippen LogP contribution is -2.35. The number of pyridine rings is 1. The molecule has 1 saturated heterocycles. The third-order valence-corrected chi connectivity index (χ3v) is 7.38. The fourth-order valence-electron chi connectivity index (χ4n) is 5.17. The van der Waals surface area contributed by atoms with Gasteiger partial charge in [-0.15, -0.1) is 0 Å². The van der Waals surface area contributed by atoms with Crippen LogP contribution < -0.4 is 10.9 Å². The average molecular weight is 502 g/mol. The molecule has 3 heterocycles. The maximum absolute atomic E-state index is 13.9. The molecule has 0 amide bonds. The summed E-state index contributed by atoms with van der Waals surface area (Å²) in [5.74, 6) is -2.81. The first kappa shape index (κ1) is 25.0. The molecule has 0 spiro atoms. The molecule has 0 atom stereocenters. The number of nitrogens with zero attached hydrogens (tertiary/aromatic N) is 4. The van der Waals surface area contributed by atoms with Crippen molar-refractivity contribution >= 4 is 27.8 Å². The Morgan fingerprint density at radius 3 is 2.61 bits per heavy atom. The molecule has 2 N–H and O–H groups in total. The molecule has 3 aromatic rings. The van der Waals surface area contributed by atoms with Gasteiger partial charge >= 0.3 is 0 Å². The first-order chi connectivity index (χ1) is 17.3. The molecule has 1 aliphatic heterocycles. The number of ether oxygens (including phenoxy) is 1. The Bertz CT molecular complexity index is 1280. The zero-order chi connectivity index (χ0) is 25.3. The predicted octanol–water partition coefficient (Wildman–Crippen LogP) is 3.71. The van der Waals surface area contributed by atoms with Gasteiger partial charge in [0.15, 0.2) is 0 Å². The number of nitrogens with one attached hydrogen (secondary N) is 1. The third-order valence-electron chi connectivity index (χ3n) is 7.38. The normalized spacial score (nSPS) is 21.8. The van der Waals surface area contributed by atoms with Crippen LogP contribution in [0.5, 0.6) is 0 Å². The number of benzene rings is 1. The number of aliphatic hydroxyl groups excluding tert-OH is 1. The van der Waals surface area contributed by atoms with E-state index in [4.69, 9.17) is 4.74 Å². The highest BCUT2D eigenvalue weighted by Crippen LogP contribution is 2.32. The van der Waals surface area contributed by atoms with E-state index >= 15 is 0 Å². The Hall–Kier alpha value is -2.69. The highest BCUT2D eigenvalue weighted by molar-refractivity contribution is 6.04. The lowest BCUT2D eigenvalue weighted by atomic mass is 9.92. The van der Waals surface area contributed by atoms with E-state index in [1.165, 1.54) is 6.92 Å². The zero-order valence-electron chi connectivity index (χ0n) is 20.6. The third kappa shape index (κ3) is 5.21. The summed E-state index contributed by atoms with van der Waals surface area (Å²) in [6.07, 6.45) is 3.46.